The number of pyridine rings is 1. The summed E-state index contributed by atoms with van der Waals surface area (Å²) in [4.78, 5) is 36.3. The number of anilines is 2. The Hall–Kier alpha value is -3.35. The average molecular weight is 391 g/mol. The SMILES string of the molecule is O=C(CCCC(=O)N1CCN(c2ccccn2)CC1)Nc1cccc2[nH]ccc12. The smallest absolute Gasteiger partial charge is 0.224 e. The highest BCUT2D eigenvalue weighted by molar-refractivity contribution is 6.01. The molecular weight excluding hydrogens is 366 g/mol. The van der Waals surface area contributed by atoms with E-state index in [-0.39, 0.29) is 11.8 Å². The lowest BCUT2D eigenvalue weighted by Crippen LogP contribution is -2.49. The van der Waals surface area contributed by atoms with E-state index >= 15 is 0 Å². The van der Waals surface area contributed by atoms with Crippen molar-refractivity contribution in [2.45, 2.75) is 19.3 Å². The Morgan fingerprint density at radius 1 is 1.00 bits per heavy atom. The number of aromatic amines is 1. The predicted octanol–water partition coefficient (Wildman–Crippen LogP) is 3.02. The Balaban J connectivity index is 1.20. The topological polar surface area (TPSA) is 81.3 Å². The van der Waals surface area contributed by atoms with Gasteiger partial charge >= 0.3 is 0 Å². The summed E-state index contributed by atoms with van der Waals surface area (Å²) in [5.41, 5.74) is 1.79. The number of hydrogen-bond acceptors (Lipinski definition) is 4. The number of amides is 2. The molecule has 0 saturated carbocycles. The van der Waals surface area contributed by atoms with Gasteiger partial charge in [-0.25, -0.2) is 4.98 Å². The van der Waals surface area contributed by atoms with Crippen molar-refractivity contribution in [3.8, 4) is 0 Å². The fourth-order valence-corrected chi connectivity index (χ4v) is 3.69. The van der Waals surface area contributed by atoms with Crippen molar-refractivity contribution in [1.82, 2.24) is 14.9 Å². The van der Waals surface area contributed by atoms with Crippen LogP contribution < -0.4 is 10.2 Å². The van der Waals surface area contributed by atoms with Crippen molar-refractivity contribution in [3.05, 3.63) is 54.9 Å². The highest BCUT2D eigenvalue weighted by Crippen LogP contribution is 2.22. The molecule has 2 aromatic heterocycles. The van der Waals surface area contributed by atoms with Gasteiger partial charge in [-0.15, -0.1) is 0 Å². The van der Waals surface area contributed by atoms with Crippen LogP contribution >= 0.6 is 0 Å². The number of piperazine rings is 1. The van der Waals surface area contributed by atoms with Crippen molar-refractivity contribution < 1.29 is 9.59 Å². The van der Waals surface area contributed by atoms with E-state index in [1.54, 1.807) is 6.20 Å². The van der Waals surface area contributed by atoms with Crippen LogP contribution in [0.2, 0.25) is 0 Å². The maximum atomic E-state index is 12.5. The summed E-state index contributed by atoms with van der Waals surface area (Å²) in [6.45, 7) is 2.95. The largest absolute Gasteiger partial charge is 0.361 e. The van der Waals surface area contributed by atoms with Gasteiger partial charge in [0, 0.05) is 62.3 Å². The first-order valence-electron chi connectivity index (χ1n) is 10.0. The number of fused-ring (bicyclic) bond motifs is 1. The van der Waals surface area contributed by atoms with Crippen LogP contribution in [0, 0.1) is 0 Å². The number of nitrogens with zero attached hydrogens (tertiary/aromatic N) is 3. The number of hydrogen-bond donors (Lipinski definition) is 2. The van der Waals surface area contributed by atoms with Crippen LogP contribution in [0.25, 0.3) is 10.9 Å². The Labute approximate surface area is 169 Å². The summed E-state index contributed by atoms with van der Waals surface area (Å²) in [5.74, 6) is 1.01. The molecule has 150 valence electrons. The number of rotatable bonds is 6. The fourth-order valence-electron chi connectivity index (χ4n) is 3.69. The first-order valence-corrected chi connectivity index (χ1v) is 10.0. The van der Waals surface area contributed by atoms with Crippen molar-refractivity contribution in [1.29, 1.82) is 0 Å². The average Bonchev–Trinajstić information content (AvgIpc) is 3.24. The highest BCUT2D eigenvalue weighted by Gasteiger charge is 2.21. The van der Waals surface area contributed by atoms with E-state index in [0.29, 0.717) is 32.4 Å². The molecule has 0 aliphatic carbocycles. The summed E-state index contributed by atoms with van der Waals surface area (Å²) < 4.78 is 0. The van der Waals surface area contributed by atoms with Crippen molar-refractivity contribution in [2.24, 2.45) is 0 Å². The lowest BCUT2D eigenvalue weighted by molar-refractivity contribution is -0.131. The minimum Gasteiger partial charge on any atom is -0.361 e. The normalized spacial score (nSPS) is 14.2. The molecule has 1 aliphatic heterocycles. The second kappa shape index (κ2) is 8.77. The first-order chi connectivity index (χ1) is 14.2. The second-order valence-corrected chi connectivity index (χ2v) is 7.20. The molecule has 0 bridgehead atoms. The van der Waals surface area contributed by atoms with Gasteiger partial charge in [-0.2, -0.15) is 0 Å². The van der Waals surface area contributed by atoms with Crippen LogP contribution in [-0.4, -0.2) is 52.9 Å². The van der Waals surface area contributed by atoms with Crippen LogP contribution in [0.1, 0.15) is 19.3 Å². The van der Waals surface area contributed by atoms with Crippen molar-refractivity contribution in [3.63, 3.8) is 0 Å². The highest BCUT2D eigenvalue weighted by atomic mass is 16.2. The fraction of sp³-hybridized carbons (Fsp3) is 0.318. The third kappa shape index (κ3) is 4.56. The number of carbonyl (C=O) groups excluding carboxylic acids is 2. The molecule has 0 spiro atoms. The zero-order chi connectivity index (χ0) is 20.1. The minimum atomic E-state index is -0.0635. The monoisotopic (exact) mass is 391 g/mol. The molecule has 1 aromatic carbocycles. The van der Waals surface area contributed by atoms with E-state index in [4.69, 9.17) is 0 Å². The Bertz CT molecular complexity index is 977. The van der Waals surface area contributed by atoms with Gasteiger partial charge in [0.25, 0.3) is 0 Å². The third-order valence-electron chi connectivity index (χ3n) is 5.27. The van der Waals surface area contributed by atoms with Gasteiger partial charge in [0.05, 0.1) is 5.69 Å². The third-order valence-corrected chi connectivity index (χ3v) is 5.27. The standard InChI is InChI=1S/C22H25N5O2/c28-21(25-19-6-3-5-18-17(19)10-12-23-18)8-4-9-22(29)27-15-13-26(14-16-27)20-7-1-2-11-24-20/h1-3,5-7,10-12,23H,4,8-9,13-16H2,(H,25,28). The van der Waals surface area contributed by atoms with Gasteiger partial charge in [-0.3, -0.25) is 9.59 Å². The van der Waals surface area contributed by atoms with E-state index in [2.05, 4.69) is 20.2 Å². The first kappa shape index (κ1) is 19.0. The molecule has 7 heteroatoms. The lowest BCUT2D eigenvalue weighted by atomic mass is 10.1. The van der Waals surface area contributed by atoms with Crippen LogP contribution in [0.5, 0.6) is 0 Å². The number of H-pyrrole nitrogens is 1. The second-order valence-electron chi connectivity index (χ2n) is 7.20. The summed E-state index contributed by atoms with van der Waals surface area (Å²) in [7, 11) is 0. The maximum Gasteiger partial charge on any atom is 0.224 e. The van der Waals surface area contributed by atoms with E-state index in [9.17, 15) is 9.59 Å². The van der Waals surface area contributed by atoms with Crippen LogP contribution in [0.3, 0.4) is 0 Å². The molecule has 2 amide bonds. The molecule has 0 radical (unpaired) electrons. The molecule has 1 saturated heterocycles. The summed E-state index contributed by atoms with van der Waals surface area (Å²) >= 11 is 0. The maximum absolute atomic E-state index is 12.5. The summed E-state index contributed by atoms with van der Waals surface area (Å²) in [6.07, 6.45) is 4.92. The molecule has 1 aliphatic rings. The Morgan fingerprint density at radius 3 is 2.66 bits per heavy atom. The number of aromatic nitrogens is 2. The lowest BCUT2D eigenvalue weighted by Gasteiger charge is -2.35. The van der Waals surface area contributed by atoms with Gasteiger partial charge in [-0.05, 0) is 36.8 Å². The molecule has 0 atom stereocenters. The molecule has 4 rings (SSSR count). The zero-order valence-electron chi connectivity index (χ0n) is 16.3. The number of carbonyl (C=O) groups is 2. The zero-order valence-corrected chi connectivity index (χ0v) is 16.3. The van der Waals surface area contributed by atoms with Gasteiger partial charge in [-0.1, -0.05) is 12.1 Å². The molecule has 1 fully saturated rings. The molecule has 3 heterocycles. The number of benzene rings is 1. The summed E-state index contributed by atoms with van der Waals surface area (Å²) in [5, 5.41) is 3.94. The van der Waals surface area contributed by atoms with Crippen LogP contribution in [0.15, 0.2) is 54.9 Å². The van der Waals surface area contributed by atoms with E-state index in [0.717, 1.165) is 35.5 Å². The molecule has 7 nitrogen and oxygen atoms in total. The molecule has 3 aromatic rings. The van der Waals surface area contributed by atoms with Gasteiger partial charge in [0.15, 0.2) is 0 Å². The Kier molecular flexibility index (Phi) is 5.74. The van der Waals surface area contributed by atoms with Gasteiger partial charge in [0.1, 0.15) is 5.82 Å². The summed E-state index contributed by atoms with van der Waals surface area (Å²) in [6, 6.07) is 13.6. The van der Waals surface area contributed by atoms with E-state index in [1.807, 2.05) is 53.6 Å². The molecule has 2 N–H and O–H groups in total. The quantitative estimate of drug-likeness (QED) is 0.677. The van der Waals surface area contributed by atoms with Crippen molar-refractivity contribution >= 4 is 34.2 Å². The van der Waals surface area contributed by atoms with Crippen LogP contribution in [-0.2, 0) is 9.59 Å². The van der Waals surface area contributed by atoms with E-state index in [1.165, 1.54) is 0 Å². The number of nitrogens with one attached hydrogen (secondary N) is 2. The minimum absolute atomic E-state index is 0.0635. The van der Waals surface area contributed by atoms with Gasteiger partial charge in [0.2, 0.25) is 11.8 Å². The molecular formula is C22H25N5O2. The Morgan fingerprint density at radius 2 is 1.86 bits per heavy atom. The van der Waals surface area contributed by atoms with E-state index < -0.39 is 0 Å². The van der Waals surface area contributed by atoms with Gasteiger partial charge < -0.3 is 20.1 Å². The molecule has 0 unspecified atom stereocenters. The predicted molar refractivity (Wildman–Crippen MR) is 114 cm³/mol. The molecule has 29 heavy (non-hydrogen) atoms. The van der Waals surface area contributed by atoms with Crippen LogP contribution in [0.4, 0.5) is 11.5 Å². The van der Waals surface area contributed by atoms with Crippen molar-refractivity contribution in [2.75, 3.05) is 36.4 Å².